The summed E-state index contributed by atoms with van der Waals surface area (Å²) in [5.74, 6) is 0. The first-order valence-corrected chi connectivity index (χ1v) is 5.99. The van der Waals surface area contributed by atoms with E-state index >= 15 is 0 Å². The van der Waals surface area contributed by atoms with Crippen LogP contribution in [0.4, 0.5) is 0 Å². The Morgan fingerprint density at radius 3 is 2.80 bits per heavy atom. The molecule has 1 unspecified atom stereocenters. The topological polar surface area (TPSA) is 18.5 Å². The molecule has 82 valence electrons. The number of unbranched alkanes of at least 4 members (excludes halogenated alkanes) is 1. The molecule has 1 rings (SSSR count). The number of rotatable bonds is 7. The quantitative estimate of drug-likeness (QED) is 0.396. The smallest absolute Gasteiger partial charge is 0.214 e. The summed E-state index contributed by atoms with van der Waals surface area (Å²) >= 11 is 0. The van der Waals surface area contributed by atoms with Gasteiger partial charge in [-0.15, -0.1) is 0 Å². The summed E-state index contributed by atoms with van der Waals surface area (Å²) in [7, 11) is 0.107. The lowest BCUT2D eigenvalue weighted by molar-refractivity contribution is 0.310. The van der Waals surface area contributed by atoms with E-state index in [4.69, 9.17) is 9.05 Å². The van der Waals surface area contributed by atoms with Crippen LogP contribution in [0.1, 0.15) is 25.3 Å². The Hall–Kier alpha value is -0.850. The zero-order valence-electron chi connectivity index (χ0n) is 8.98. The zero-order chi connectivity index (χ0) is 10.8. The van der Waals surface area contributed by atoms with Crippen molar-refractivity contribution in [2.45, 2.75) is 19.8 Å². The number of hydrogen-bond acceptors (Lipinski definition) is 2. The van der Waals surface area contributed by atoms with Gasteiger partial charge in [0, 0.05) is 0 Å². The van der Waals surface area contributed by atoms with Crippen LogP contribution in [0, 0.1) is 0 Å². The van der Waals surface area contributed by atoms with E-state index in [1.165, 1.54) is 0 Å². The monoisotopic (exact) mass is 224 g/mol. The molecule has 3 heteroatoms. The van der Waals surface area contributed by atoms with Gasteiger partial charge in [0.2, 0.25) is 9.03 Å². The molecule has 0 amide bonds. The van der Waals surface area contributed by atoms with E-state index in [1.54, 1.807) is 6.26 Å². The SMILES string of the molecule is CCCCOPOC=Cc1ccccc1. The molecule has 1 aromatic rings. The minimum atomic E-state index is 0.107. The summed E-state index contributed by atoms with van der Waals surface area (Å²) in [4.78, 5) is 0. The van der Waals surface area contributed by atoms with Crippen molar-refractivity contribution in [2.75, 3.05) is 6.61 Å². The van der Waals surface area contributed by atoms with Gasteiger partial charge in [-0.05, 0) is 18.1 Å². The minimum absolute atomic E-state index is 0.107. The molecule has 15 heavy (non-hydrogen) atoms. The predicted octanol–water partition coefficient (Wildman–Crippen LogP) is 4.00. The molecule has 0 spiro atoms. The van der Waals surface area contributed by atoms with Gasteiger partial charge in [-0.3, -0.25) is 0 Å². The van der Waals surface area contributed by atoms with Gasteiger partial charge >= 0.3 is 0 Å². The molecule has 0 aromatic heterocycles. The standard InChI is InChI=1S/C12H17O2P/c1-2-3-10-13-15-14-11-9-12-7-5-4-6-8-12/h4-9,11,15H,2-3,10H2,1H3. The van der Waals surface area contributed by atoms with Gasteiger partial charge in [-0.1, -0.05) is 43.7 Å². The van der Waals surface area contributed by atoms with Gasteiger partial charge in [-0.2, -0.15) is 0 Å². The molecule has 0 heterocycles. The highest BCUT2D eigenvalue weighted by molar-refractivity contribution is 7.26. The average Bonchev–Trinajstić information content (AvgIpc) is 2.29. The normalized spacial score (nSPS) is 11.5. The van der Waals surface area contributed by atoms with E-state index in [1.807, 2.05) is 36.4 Å². The largest absolute Gasteiger partial charge is 0.457 e. The average molecular weight is 224 g/mol. The van der Waals surface area contributed by atoms with Crippen LogP contribution < -0.4 is 0 Å². The Morgan fingerprint density at radius 1 is 1.27 bits per heavy atom. The fourth-order valence-electron chi connectivity index (χ4n) is 0.997. The van der Waals surface area contributed by atoms with Crippen molar-refractivity contribution in [3.63, 3.8) is 0 Å². The van der Waals surface area contributed by atoms with Crippen molar-refractivity contribution >= 4 is 15.1 Å². The summed E-state index contributed by atoms with van der Waals surface area (Å²) in [5, 5.41) is 0. The van der Waals surface area contributed by atoms with E-state index in [0.717, 1.165) is 25.0 Å². The highest BCUT2D eigenvalue weighted by Crippen LogP contribution is 2.15. The molecule has 0 aliphatic carbocycles. The molecule has 0 radical (unpaired) electrons. The first-order valence-electron chi connectivity index (χ1n) is 5.17. The van der Waals surface area contributed by atoms with Crippen LogP contribution in [0.3, 0.4) is 0 Å². The summed E-state index contributed by atoms with van der Waals surface area (Å²) in [6.07, 6.45) is 5.86. The number of hydrogen-bond donors (Lipinski definition) is 0. The van der Waals surface area contributed by atoms with Gasteiger partial charge in [0.25, 0.3) is 0 Å². The Bertz CT molecular complexity index is 272. The predicted molar refractivity (Wildman–Crippen MR) is 65.7 cm³/mol. The second-order valence-corrected chi connectivity index (χ2v) is 3.81. The highest BCUT2D eigenvalue weighted by atomic mass is 31.1. The van der Waals surface area contributed by atoms with Crippen LogP contribution in [-0.2, 0) is 9.05 Å². The first kappa shape index (κ1) is 12.2. The fourth-order valence-corrected chi connectivity index (χ4v) is 1.42. The van der Waals surface area contributed by atoms with Crippen molar-refractivity contribution in [1.29, 1.82) is 0 Å². The molecule has 0 saturated heterocycles. The van der Waals surface area contributed by atoms with Crippen LogP contribution in [-0.4, -0.2) is 6.61 Å². The third-order valence-electron chi connectivity index (χ3n) is 1.84. The summed E-state index contributed by atoms with van der Waals surface area (Å²) in [6.45, 7) is 2.93. The molecule has 1 aromatic carbocycles. The van der Waals surface area contributed by atoms with Gasteiger partial charge < -0.3 is 9.05 Å². The summed E-state index contributed by atoms with van der Waals surface area (Å²) in [5.41, 5.74) is 1.14. The maximum Gasteiger partial charge on any atom is 0.214 e. The third kappa shape index (κ3) is 6.27. The van der Waals surface area contributed by atoms with Gasteiger partial charge in [0.05, 0.1) is 12.9 Å². The number of benzene rings is 1. The van der Waals surface area contributed by atoms with Gasteiger partial charge in [0.15, 0.2) is 0 Å². The molecule has 1 atom stereocenters. The lowest BCUT2D eigenvalue weighted by Crippen LogP contribution is -1.82. The second-order valence-electron chi connectivity index (χ2n) is 3.12. The van der Waals surface area contributed by atoms with Crippen molar-refractivity contribution in [2.24, 2.45) is 0 Å². The fraction of sp³-hybridized carbons (Fsp3) is 0.333. The van der Waals surface area contributed by atoms with Crippen molar-refractivity contribution in [3.8, 4) is 0 Å². The molecule has 0 bridgehead atoms. The summed E-state index contributed by atoms with van der Waals surface area (Å²) in [6, 6.07) is 10.1. The van der Waals surface area contributed by atoms with Gasteiger partial charge in [-0.25, -0.2) is 0 Å². The maximum absolute atomic E-state index is 5.27. The van der Waals surface area contributed by atoms with Crippen LogP contribution >= 0.6 is 9.03 Å². The highest BCUT2D eigenvalue weighted by Gasteiger charge is 1.86. The molecular weight excluding hydrogens is 207 g/mol. The van der Waals surface area contributed by atoms with E-state index in [-0.39, 0.29) is 9.03 Å². The van der Waals surface area contributed by atoms with Crippen LogP contribution in [0.5, 0.6) is 0 Å². The Balaban J connectivity index is 2.07. The Kier molecular flexibility index (Phi) is 6.89. The maximum atomic E-state index is 5.27. The van der Waals surface area contributed by atoms with Crippen LogP contribution in [0.25, 0.3) is 6.08 Å². The molecule has 0 fully saturated rings. The molecule has 0 saturated carbocycles. The molecule has 0 aliphatic rings. The first-order chi connectivity index (χ1) is 7.43. The zero-order valence-corrected chi connectivity index (χ0v) is 9.98. The minimum Gasteiger partial charge on any atom is -0.457 e. The van der Waals surface area contributed by atoms with E-state index in [0.29, 0.717) is 0 Å². The summed E-state index contributed by atoms with van der Waals surface area (Å²) < 4.78 is 10.5. The lowest BCUT2D eigenvalue weighted by Gasteiger charge is -2.00. The second kappa shape index (κ2) is 8.46. The molecule has 0 aliphatic heterocycles. The molecule has 2 nitrogen and oxygen atoms in total. The van der Waals surface area contributed by atoms with Crippen LogP contribution in [0.2, 0.25) is 0 Å². The molecule has 0 N–H and O–H groups in total. The van der Waals surface area contributed by atoms with E-state index < -0.39 is 0 Å². The van der Waals surface area contributed by atoms with Gasteiger partial charge in [0.1, 0.15) is 0 Å². The van der Waals surface area contributed by atoms with E-state index in [2.05, 4.69) is 6.92 Å². The van der Waals surface area contributed by atoms with Crippen LogP contribution in [0.15, 0.2) is 36.6 Å². The van der Waals surface area contributed by atoms with Crippen molar-refractivity contribution < 1.29 is 9.05 Å². The van der Waals surface area contributed by atoms with Crippen molar-refractivity contribution in [1.82, 2.24) is 0 Å². The third-order valence-corrected chi connectivity index (χ3v) is 2.39. The van der Waals surface area contributed by atoms with Crippen molar-refractivity contribution in [3.05, 3.63) is 42.2 Å². The Labute approximate surface area is 93.2 Å². The lowest BCUT2D eigenvalue weighted by atomic mass is 10.2. The Morgan fingerprint density at radius 2 is 2.07 bits per heavy atom. The molecular formula is C12H17O2P. The van der Waals surface area contributed by atoms with E-state index in [9.17, 15) is 0 Å².